The van der Waals surface area contributed by atoms with Crippen molar-refractivity contribution in [2.24, 2.45) is 5.16 Å². The maximum atomic E-state index is 12.1. The predicted octanol–water partition coefficient (Wildman–Crippen LogP) is 1.42. The van der Waals surface area contributed by atoms with Crippen LogP contribution in [0.3, 0.4) is 0 Å². The number of aromatic nitrogens is 2. The maximum absolute atomic E-state index is 12.1. The molecule has 2 aliphatic heterocycles. The number of piperidine rings is 1. The monoisotopic (exact) mass is 331 g/mol. The number of nitrogens with one attached hydrogen (secondary N) is 1. The molecule has 1 fully saturated rings. The third-order valence-corrected chi connectivity index (χ3v) is 4.45. The molecule has 130 valence electrons. The largest absolute Gasteiger partial charge is 0.387 e. The zero-order valence-electron chi connectivity index (χ0n) is 14.4. The standard InChI is InChI=1S/C17H25N5O2/c1-3-6-19-16(23)15-8-17(24-21-15)5-4-7-22(12-17)11-14-10-18-9-13(2)20-14/h9-10H,3-8,11-12H2,1-2H3,(H,19,23)/t17-/m0/s1. The molecule has 1 saturated heterocycles. The Hall–Kier alpha value is -2.02. The zero-order chi connectivity index (χ0) is 17.0. The van der Waals surface area contributed by atoms with Gasteiger partial charge < -0.3 is 10.2 Å². The smallest absolute Gasteiger partial charge is 0.269 e. The van der Waals surface area contributed by atoms with Crippen molar-refractivity contribution < 1.29 is 9.63 Å². The Balaban J connectivity index is 1.59. The molecule has 1 spiro atoms. The molecule has 0 unspecified atom stereocenters. The van der Waals surface area contributed by atoms with Gasteiger partial charge in [0.1, 0.15) is 5.71 Å². The topological polar surface area (TPSA) is 79.7 Å². The van der Waals surface area contributed by atoms with E-state index in [1.807, 2.05) is 20.0 Å². The van der Waals surface area contributed by atoms with Gasteiger partial charge in [0.2, 0.25) is 0 Å². The average molecular weight is 331 g/mol. The minimum Gasteiger partial charge on any atom is -0.387 e. The van der Waals surface area contributed by atoms with Gasteiger partial charge in [-0.05, 0) is 32.7 Å². The molecule has 2 aliphatic rings. The van der Waals surface area contributed by atoms with Crippen molar-refractivity contribution in [2.75, 3.05) is 19.6 Å². The van der Waals surface area contributed by atoms with E-state index in [4.69, 9.17) is 4.84 Å². The maximum Gasteiger partial charge on any atom is 0.269 e. The Labute approximate surface area is 142 Å². The van der Waals surface area contributed by atoms with E-state index >= 15 is 0 Å². The first-order valence-electron chi connectivity index (χ1n) is 8.63. The van der Waals surface area contributed by atoms with Crippen LogP contribution in [0.1, 0.15) is 44.0 Å². The number of likely N-dealkylation sites (tertiary alicyclic amines) is 1. The summed E-state index contributed by atoms with van der Waals surface area (Å²) in [5.74, 6) is -0.101. The number of nitrogens with zero attached hydrogens (tertiary/aromatic N) is 4. The number of aryl methyl sites for hydroxylation is 1. The van der Waals surface area contributed by atoms with Gasteiger partial charge in [0, 0.05) is 38.4 Å². The van der Waals surface area contributed by atoms with Crippen LogP contribution in [0.2, 0.25) is 0 Å². The highest BCUT2D eigenvalue weighted by Crippen LogP contribution is 2.33. The van der Waals surface area contributed by atoms with Gasteiger partial charge in [0.25, 0.3) is 5.91 Å². The van der Waals surface area contributed by atoms with Crippen LogP contribution in [0.25, 0.3) is 0 Å². The van der Waals surface area contributed by atoms with Gasteiger partial charge >= 0.3 is 0 Å². The van der Waals surface area contributed by atoms with Gasteiger partial charge in [-0.2, -0.15) is 0 Å². The predicted molar refractivity (Wildman–Crippen MR) is 90.4 cm³/mol. The first kappa shape index (κ1) is 16.8. The first-order chi connectivity index (χ1) is 11.6. The molecule has 3 rings (SSSR count). The Morgan fingerprint density at radius 2 is 2.33 bits per heavy atom. The van der Waals surface area contributed by atoms with E-state index in [0.717, 1.165) is 50.3 Å². The lowest BCUT2D eigenvalue weighted by Gasteiger charge is -2.38. The van der Waals surface area contributed by atoms with E-state index in [-0.39, 0.29) is 11.5 Å². The Morgan fingerprint density at radius 3 is 3.12 bits per heavy atom. The van der Waals surface area contributed by atoms with E-state index in [1.54, 1.807) is 6.20 Å². The highest BCUT2D eigenvalue weighted by Gasteiger charge is 2.44. The fourth-order valence-corrected chi connectivity index (χ4v) is 3.35. The van der Waals surface area contributed by atoms with E-state index in [2.05, 4.69) is 25.3 Å². The summed E-state index contributed by atoms with van der Waals surface area (Å²) in [6.45, 7) is 7.15. The van der Waals surface area contributed by atoms with Crippen molar-refractivity contribution in [1.29, 1.82) is 0 Å². The summed E-state index contributed by atoms with van der Waals surface area (Å²) in [7, 11) is 0. The summed E-state index contributed by atoms with van der Waals surface area (Å²) in [5, 5.41) is 6.94. The lowest BCUT2D eigenvalue weighted by Crippen LogP contribution is -2.48. The minimum absolute atomic E-state index is 0.101. The van der Waals surface area contributed by atoms with E-state index in [9.17, 15) is 4.79 Å². The molecule has 3 heterocycles. The van der Waals surface area contributed by atoms with E-state index < -0.39 is 0 Å². The fraction of sp³-hybridized carbons (Fsp3) is 0.647. The Morgan fingerprint density at radius 1 is 1.46 bits per heavy atom. The molecule has 1 amide bonds. The molecule has 7 heteroatoms. The van der Waals surface area contributed by atoms with E-state index in [1.165, 1.54) is 0 Å². The van der Waals surface area contributed by atoms with E-state index in [0.29, 0.717) is 18.7 Å². The molecule has 1 aromatic rings. The molecule has 7 nitrogen and oxygen atoms in total. The second-order valence-corrected chi connectivity index (χ2v) is 6.71. The highest BCUT2D eigenvalue weighted by molar-refractivity contribution is 6.39. The van der Waals surface area contributed by atoms with Gasteiger partial charge in [-0.1, -0.05) is 12.1 Å². The van der Waals surface area contributed by atoms with Gasteiger partial charge in [-0.15, -0.1) is 0 Å². The van der Waals surface area contributed by atoms with Gasteiger partial charge in [-0.25, -0.2) is 0 Å². The van der Waals surface area contributed by atoms with Crippen molar-refractivity contribution in [3.05, 3.63) is 23.8 Å². The van der Waals surface area contributed by atoms with Crippen molar-refractivity contribution >= 4 is 11.6 Å². The van der Waals surface area contributed by atoms with Crippen LogP contribution >= 0.6 is 0 Å². The van der Waals surface area contributed by atoms with Crippen molar-refractivity contribution in [2.45, 2.75) is 51.7 Å². The Kier molecular flexibility index (Phi) is 5.08. The molecule has 0 aromatic carbocycles. The third-order valence-electron chi connectivity index (χ3n) is 4.45. The number of rotatable bonds is 5. The molecule has 24 heavy (non-hydrogen) atoms. The number of carbonyl (C=O) groups is 1. The summed E-state index contributed by atoms with van der Waals surface area (Å²) in [5.41, 5.74) is 2.04. The summed E-state index contributed by atoms with van der Waals surface area (Å²) in [4.78, 5) is 28.9. The van der Waals surface area contributed by atoms with Gasteiger partial charge in [0.05, 0.1) is 11.4 Å². The molecule has 1 aromatic heterocycles. The molecule has 1 atom stereocenters. The van der Waals surface area contributed by atoms with Crippen LogP contribution in [0, 0.1) is 6.92 Å². The Bertz CT molecular complexity index is 633. The van der Waals surface area contributed by atoms with Crippen LogP contribution in [0.15, 0.2) is 17.5 Å². The molecule has 0 radical (unpaired) electrons. The molecular formula is C17H25N5O2. The third kappa shape index (κ3) is 3.90. The summed E-state index contributed by atoms with van der Waals surface area (Å²) >= 11 is 0. The van der Waals surface area contributed by atoms with Crippen LogP contribution in [0.5, 0.6) is 0 Å². The molecule has 1 N–H and O–H groups in total. The summed E-state index contributed by atoms with van der Waals surface area (Å²) < 4.78 is 0. The van der Waals surface area contributed by atoms with Crippen LogP contribution in [0.4, 0.5) is 0 Å². The lowest BCUT2D eigenvalue weighted by atomic mass is 9.88. The van der Waals surface area contributed by atoms with Crippen molar-refractivity contribution in [3.8, 4) is 0 Å². The van der Waals surface area contributed by atoms with Crippen molar-refractivity contribution in [3.63, 3.8) is 0 Å². The number of hydrogen-bond acceptors (Lipinski definition) is 6. The number of carbonyl (C=O) groups excluding carboxylic acids is 1. The molecule has 0 bridgehead atoms. The quantitative estimate of drug-likeness (QED) is 0.883. The average Bonchev–Trinajstić information content (AvgIpc) is 2.96. The second-order valence-electron chi connectivity index (χ2n) is 6.71. The summed E-state index contributed by atoms with van der Waals surface area (Å²) in [6.07, 6.45) is 7.02. The van der Waals surface area contributed by atoms with Gasteiger partial charge in [-0.3, -0.25) is 19.7 Å². The molecule has 0 saturated carbocycles. The summed E-state index contributed by atoms with van der Waals surface area (Å²) in [6, 6.07) is 0. The minimum atomic E-state index is -0.367. The highest BCUT2D eigenvalue weighted by atomic mass is 16.7. The lowest BCUT2D eigenvalue weighted by molar-refractivity contribution is -0.114. The number of hydrogen-bond donors (Lipinski definition) is 1. The molecule has 0 aliphatic carbocycles. The zero-order valence-corrected chi connectivity index (χ0v) is 14.4. The molecular weight excluding hydrogens is 306 g/mol. The van der Waals surface area contributed by atoms with Crippen LogP contribution in [-0.4, -0.2) is 51.7 Å². The van der Waals surface area contributed by atoms with Crippen molar-refractivity contribution in [1.82, 2.24) is 20.2 Å². The SMILES string of the molecule is CCCNC(=O)C1=NO[C@@]2(CCCN(Cc3cncc(C)n3)C2)C1. The number of amides is 1. The second kappa shape index (κ2) is 7.25. The van der Waals surface area contributed by atoms with Crippen LogP contribution in [-0.2, 0) is 16.2 Å². The normalized spacial score (nSPS) is 23.8. The van der Waals surface area contributed by atoms with Gasteiger partial charge in [0.15, 0.2) is 5.60 Å². The number of oxime groups is 1. The fourth-order valence-electron chi connectivity index (χ4n) is 3.35. The van der Waals surface area contributed by atoms with Crippen LogP contribution < -0.4 is 5.32 Å². The first-order valence-corrected chi connectivity index (χ1v) is 8.63.